The van der Waals surface area contributed by atoms with Crippen molar-refractivity contribution in [2.24, 2.45) is 0 Å². The molecule has 3 aliphatic rings. The number of aromatic hydroxyl groups is 1. The van der Waals surface area contributed by atoms with E-state index in [2.05, 4.69) is 10.2 Å². The normalized spacial score (nSPS) is 20.9. The lowest BCUT2D eigenvalue weighted by Gasteiger charge is -2.36. The predicted octanol–water partition coefficient (Wildman–Crippen LogP) is 2.23. The van der Waals surface area contributed by atoms with Gasteiger partial charge < -0.3 is 14.9 Å². The molecule has 0 bridgehead atoms. The summed E-state index contributed by atoms with van der Waals surface area (Å²) < 4.78 is 15.1. The van der Waals surface area contributed by atoms with Crippen LogP contribution in [0.2, 0.25) is 0 Å². The molecule has 2 fully saturated rings. The number of halogens is 1. The average Bonchev–Trinajstić information content (AvgIpc) is 3.12. The van der Waals surface area contributed by atoms with E-state index in [1.165, 1.54) is 11.0 Å². The van der Waals surface area contributed by atoms with Gasteiger partial charge in [-0.3, -0.25) is 24.6 Å². The fraction of sp³-hybridized carbons (Fsp3) is 0.423. The number of nitrogens with zero attached hydrogens (tertiary/aromatic N) is 3. The minimum atomic E-state index is -0.713. The maximum absolute atomic E-state index is 15.1. The molecular formula is C26H29FN4O4. The zero-order valence-electron chi connectivity index (χ0n) is 19.9. The van der Waals surface area contributed by atoms with Crippen LogP contribution in [0, 0.1) is 19.7 Å². The van der Waals surface area contributed by atoms with E-state index in [9.17, 15) is 19.5 Å². The number of phenolic OH excluding ortho intramolecular Hbond substituents is 1. The number of nitrogens with one attached hydrogen (secondary N) is 1. The first-order valence-corrected chi connectivity index (χ1v) is 11.9. The second kappa shape index (κ2) is 8.96. The minimum absolute atomic E-state index is 0.184. The Kier molecular flexibility index (Phi) is 5.96. The largest absolute Gasteiger partial charge is 0.507 e. The molecule has 1 atom stereocenters. The highest BCUT2D eigenvalue weighted by Gasteiger charge is 2.40. The summed E-state index contributed by atoms with van der Waals surface area (Å²) in [5.74, 6) is -1.29. The van der Waals surface area contributed by atoms with E-state index in [0.717, 1.165) is 36.3 Å². The van der Waals surface area contributed by atoms with Gasteiger partial charge in [-0.25, -0.2) is 4.39 Å². The molecule has 35 heavy (non-hydrogen) atoms. The third kappa shape index (κ3) is 4.36. The van der Waals surface area contributed by atoms with Gasteiger partial charge in [-0.05, 0) is 54.7 Å². The standard InChI is InChI=1S/C26H29FN4O4/c1-15-9-17(10-16(2)24(15)33)13-29-5-7-30(8-6-29)22-11-18-14-31(26(35)19(18)12-20(22)27)21-3-4-23(32)28-25(21)34/h9-12,21,33H,3-8,13-14H2,1-2H3,(H,28,32,34). The molecule has 3 heterocycles. The molecule has 3 aliphatic heterocycles. The van der Waals surface area contributed by atoms with Gasteiger partial charge >= 0.3 is 0 Å². The highest BCUT2D eigenvalue weighted by Crippen LogP contribution is 2.33. The van der Waals surface area contributed by atoms with Crippen LogP contribution in [0.15, 0.2) is 24.3 Å². The highest BCUT2D eigenvalue weighted by atomic mass is 19.1. The second-order valence-electron chi connectivity index (χ2n) is 9.70. The first-order chi connectivity index (χ1) is 16.7. The number of hydrogen-bond acceptors (Lipinski definition) is 6. The number of hydrogen-bond donors (Lipinski definition) is 2. The third-order valence-corrected chi connectivity index (χ3v) is 7.26. The number of carbonyl (C=O) groups excluding carboxylic acids is 3. The van der Waals surface area contributed by atoms with E-state index in [4.69, 9.17) is 0 Å². The van der Waals surface area contributed by atoms with Crippen LogP contribution < -0.4 is 10.2 Å². The lowest BCUT2D eigenvalue weighted by molar-refractivity contribution is -0.136. The van der Waals surface area contributed by atoms with Gasteiger partial charge in [0.2, 0.25) is 11.8 Å². The van der Waals surface area contributed by atoms with Gasteiger partial charge in [0, 0.05) is 51.3 Å². The number of carbonyl (C=O) groups is 3. The van der Waals surface area contributed by atoms with Gasteiger partial charge in [-0.15, -0.1) is 0 Å². The van der Waals surface area contributed by atoms with Crippen LogP contribution >= 0.6 is 0 Å². The van der Waals surface area contributed by atoms with Crippen molar-refractivity contribution in [1.29, 1.82) is 0 Å². The van der Waals surface area contributed by atoms with Crippen LogP contribution in [-0.2, 0) is 22.7 Å². The van der Waals surface area contributed by atoms with Crippen molar-refractivity contribution in [2.75, 3.05) is 31.1 Å². The Morgan fingerprint density at radius 2 is 1.71 bits per heavy atom. The van der Waals surface area contributed by atoms with Crippen LogP contribution in [0.3, 0.4) is 0 Å². The Labute approximate surface area is 203 Å². The zero-order chi connectivity index (χ0) is 24.9. The fourth-order valence-electron chi connectivity index (χ4n) is 5.36. The van der Waals surface area contributed by atoms with Crippen LogP contribution in [0.5, 0.6) is 5.75 Å². The monoisotopic (exact) mass is 480 g/mol. The average molecular weight is 481 g/mol. The first kappa shape index (κ1) is 23.3. The molecule has 2 aromatic rings. The van der Waals surface area contributed by atoms with Gasteiger partial charge in [0.15, 0.2) is 0 Å². The molecule has 2 N–H and O–H groups in total. The number of aryl methyl sites for hydroxylation is 2. The highest BCUT2D eigenvalue weighted by molar-refractivity contribution is 6.05. The van der Waals surface area contributed by atoms with E-state index in [1.54, 1.807) is 6.07 Å². The summed E-state index contributed by atoms with van der Waals surface area (Å²) in [5, 5.41) is 12.3. The second-order valence-corrected chi connectivity index (χ2v) is 9.70. The van der Waals surface area contributed by atoms with Crippen molar-refractivity contribution in [3.05, 3.63) is 57.9 Å². The molecular weight excluding hydrogens is 451 g/mol. The van der Waals surface area contributed by atoms with Gasteiger partial charge in [-0.2, -0.15) is 0 Å². The van der Waals surface area contributed by atoms with Gasteiger partial charge in [0.05, 0.1) is 5.69 Å². The Bertz CT molecular complexity index is 1200. The number of imide groups is 1. The summed E-state index contributed by atoms with van der Waals surface area (Å²) >= 11 is 0. The number of amides is 3. The number of fused-ring (bicyclic) bond motifs is 1. The quantitative estimate of drug-likeness (QED) is 0.652. The number of rotatable bonds is 4. The number of phenols is 1. The van der Waals surface area contributed by atoms with E-state index in [1.807, 2.05) is 30.9 Å². The van der Waals surface area contributed by atoms with E-state index in [-0.39, 0.29) is 36.8 Å². The zero-order valence-corrected chi connectivity index (χ0v) is 19.9. The number of piperidine rings is 1. The molecule has 3 amide bonds. The summed E-state index contributed by atoms with van der Waals surface area (Å²) in [6.07, 6.45) is 0.464. The van der Waals surface area contributed by atoms with Crippen LogP contribution in [0.4, 0.5) is 10.1 Å². The molecule has 9 heteroatoms. The number of benzene rings is 2. The molecule has 0 spiro atoms. The van der Waals surface area contributed by atoms with E-state index >= 15 is 4.39 Å². The van der Waals surface area contributed by atoms with Crippen molar-refractivity contribution >= 4 is 23.4 Å². The Balaban J connectivity index is 1.26. The summed E-state index contributed by atoms with van der Waals surface area (Å²) in [7, 11) is 0. The van der Waals surface area contributed by atoms with Gasteiger partial charge in [0.1, 0.15) is 17.6 Å². The summed E-state index contributed by atoms with van der Waals surface area (Å²) in [6.45, 7) is 7.60. The molecule has 0 aromatic heterocycles. The smallest absolute Gasteiger partial charge is 0.255 e. The summed E-state index contributed by atoms with van der Waals surface area (Å²) in [5.41, 5.74) is 4.32. The van der Waals surface area contributed by atoms with Crippen molar-refractivity contribution in [3.8, 4) is 5.75 Å². The van der Waals surface area contributed by atoms with Crippen molar-refractivity contribution in [1.82, 2.24) is 15.1 Å². The molecule has 2 aromatic carbocycles. The van der Waals surface area contributed by atoms with Crippen molar-refractivity contribution in [2.45, 2.75) is 45.8 Å². The number of piperazine rings is 1. The van der Waals surface area contributed by atoms with Crippen molar-refractivity contribution < 1.29 is 23.9 Å². The minimum Gasteiger partial charge on any atom is -0.507 e. The predicted molar refractivity (Wildman–Crippen MR) is 128 cm³/mol. The summed E-state index contributed by atoms with van der Waals surface area (Å²) in [6, 6.07) is 6.31. The molecule has 0 radical (unpaired) electrons. The third-order valence-electron chi connectivity index (χ3n) is 7.26. The Morgan fingerprint density at radius 3 is 2.37 bits per heavy atom. The van der Waals surface area contributed by atoms with Crippen LogP contribution in [0.25, 0.3) is 0 Å². The van der Waals surface area contributed by atoms with E-state index in [0.29, 0.717) is 30.1 Å². The Morgan fingerprint density at radius 1 is 1.03 bits per heavy atom. The topological polar surface area (TPSA) is 93.2 Å². The lowest BCUT2D eigenvalue weighted by atomic mass is 10.0. The molecule has 5 rings (SSSR count). The Hall–Kier alpha value is -3.46. The molecule has 1 unspecified atom stereocenters. The van der Waals surface area contributed by atoms with E-state index < -0.39 is 17.8 Å². The van der Waals surface area contributed by atoms with Gasteiger partial charge in [0.25, 0.3) is 5.91 Å². The maximum Gasteiger partial charge on any atom is 0.255 e. The number of anilines is 1. The molecule has 184 valence electrons. The molecule has 2 saturated heterocycles. The summed E-state index contributed by atoms with van der Waals surface area (Å²) in [4.78, 5) is 42.4. The SMILES string of the molecule is Cc1cc(CN2CCN(c3cc4c(cc3F)C(=O)N(C3CCC(=O)NC3=O)C4)CC2)cc(C)c1O. The fourth-order valence-corrected chi connectivity index (χ4v) is 5.36. The molecule has 0 aliphatic carbocycles. The molecule has 0 saturated carbocycles. The molecule has 8 nitrogen and oxygen atoms in total. The van der Waals surface area contributed by atoms with Crippen molar-refractivity contribution in [3.63, 3.8) is 0 Å². The first-order valence-electron chi connectivity index (χ1n) is 11.9. The van der Waals surface area contributed by atoms with Crippen LogP contribution in [-0.4, -0.2) is 64.8 Å². The maximum atomic E-state index is 15.1. The van der Waals surface area contributed by atoms with Gasteiger partial charge in [-0.1, -0.05) is 12.1 Å². The lowest BCUT2D eigenvalue weighted by Crippen LogP contribution is -2.52. The van der Waals surface area contributed by atoms with Crippen LogP contribution in [0.1, 0.15) is 45.5 Å².